The molecule has 0 aliphatic carbocycles. The van der Waals surface area contributed by atoms with Crippen molar-refractivity contribution in [2.24, 2.45) is 0 Å². The molecule has 0 aromatic heterocycles. The van der Waals surface area contributed by atoms with E-state index in [0.29, 0.717) is 24.7 Å². The Morgan fingerprint density at radius 1 is 1.10 bits per heavy atom. The van der Waals surface area contributed by atoms with E-state index in [1.165, 1.54) is 6.08 Å². The van der Waals surface area contributed by atoms with Crippen molar-refractivity contribution in [2.45, 2.75) is 19.4 Å². The van der Waals surface area contributed by atoms with Gasteiger partial charge in [-0.05, 0) is 36.3 Å². The first-order valence-electron chi connectivity index (χ1n) is 9.59. The lowest BCUT2D eigenvalue weighted by Crippen LogP contribution is -2.33. The Morgan fingerprint density at radius 2 is 1.83 bits per heavy atom. The van der Waals surface area contributed by atoms with Crippen molar-refractivity contribution in [3.8, 4) is 11.5 Å². The van der Waals surface area contributed by atoms with E-state index < -0.39 is 5.97 Å². The van der Waals surface area contributed by atoms with Crippen LogP contribution in [0.15, 0.2) is 54.6 Å². The van der Waals surface area contributed by atoms with Gasteiger partial charge in [-0.2, -0.15) is 0 Å². The Bertz CT molecular complexity index is 878. The third-order valence-electron chi connectivity index (χ3n) is 4.78. The number of ether oxygens (including phenoxy) is 3. The van der Waals surface area contributed by atoms with Gasteiger partial charge in [-0.25, -0.2) is 4.79 Å². The standard InChI is InChI=1S/C23H25NO5/c1-17(19-7-4-3-5-8-19)24(2)22(25)16-29-23(26)12-10-18-9-11-20-21(15-18)28-14-6-13-27-20/h3-5,7-12,15,17H,6,13-14,16H2,1-2H3/b12-10+/t17-/m1/s1. The first kappa shape index (κ1) is 20.5. The van der Waals surface area contributed by atoms with E-state index in [-0.39, 0.29) is 18.6 Å². The lowest BCUT2D eigenvalue weighted by atomic mass is 10.1. The van der Waals surface area contributed by atoms with Gasteiger partial charge >= 0.3 is 5.97 Å². The highest BCUT2D eigenvalue weighted by Crippen LogP contribution is 2.30. The Morgan fingerprint density at radius 3 is 2.59 bits per heavy atom. The molecule has 29 heavy (non-hydrogen) atoms. The molecule has 2 aromatic carbocycles. The molecule has 1 atom stereocenters. The highest BCUT2D eigenvalue weighted by Gasteiger charge is 2.18. The van der Waals surface area contributed by atoms with Crippen molar-refractivity contribution in [3.05, 3.63) is 65.7 Å². The molecule has 0 fully saturated rings. The second kappa shape index (κ2) is 9.78. The van der Waals surface area contributed by atoms with Gasteiger partial charge in [-0.1, -0.05) is 36.4 Å². The van der Waals surface area contributed by atoms with Crippen LogP contribution in [0.5, 0.6) is 11.5 Å². The van der Waals surface area contributed by atoms with Crippen molar-refractivity contribution in [1.29, 1.82) is 0 Å². The third-order valence-corrected chi connectivity index (χ3v) is 4.78. The van der Waals surface area contributed by atoms with Crippen LogP contribution in [0.1, 0.15) is 30.5 Å². The number of nitrogens with zero attached hydrogens (tertiary/aromatic N) is 1. The molecule has 6 nitrogen and oxygen atoms in total. The average Bonchev–Trinajstić information content (AvgIpc) is 3.00. The van der Waals surface area contributed by atoms with Crippen LogP contribution in [0, 0.1) is 0 Å². The van der Waals surface area contributed by atoms with Crippen LogP contribution in [0.2, 0.25) is 0 Å². The fraction of sp³-hybridized carbons (Fsp3) is 0.304. The van der Waals surface area contributed by atoms with Gasteiger partial charge in [0.1, 0.15) is 0 Å². The fourth-order valence-electron chi connectivity index (χ4n) is 2.90. The first-order valence-corrected chi connectivity index (χ1v) is 9.59. The molecule has 0 bridgehead atoms. The van der Waals surface area contributed by atoms with Gasteiger partial charge in [0.25, 0.3) is 5.91 Å². The van der Waals surface area contributed by atoms with E-state index in [0.717, 1.165) is 17.5 Å². The maximum atomic E-state index is 12.3. The van der Waals surface area contributed by atoms with Crippen LogP contribution in [0.3, 0.4) is 0 Å². The number of hydrogen-bond donors (Lipinski definition) is 0. The number of esters is 1. The van der Waals surface area contributed by atoms with E-state index in [4.69, 9.17) is 14.2 Å². The van der Waals surface area contributed by atoms with Crippen LogP contribution in [0.25, 0.3) is 6.08 Å². The topological polar surface area (TPSA) is 65.1 Å². The zero-order chi connectivity index (χ0) is 20.6. The number of fused-ring (bicyclic) bond motifs is 1. The lowest BCUT2D eigenvalue weighted by molar-refractivity contribution is -0.148. The molecule has 2 aromatic rings. The summed E-state index contributed by atoms with van der Waals surface area (Å²) in [6.07, 6.45) is 3.75. The number of amides is 1. The Kier molecular flexibility index (Phi) is 6.89. The first-order chi connectivity index (χ1) is 14.0. The maximum absolute atomic E-state index is 12.3. The minimum Gasteiger partial charge on any atom is -0.490 e. The average molecular weight is 395 g/mol. The predicted octanol–water partition coefficient (Wildman–Crippen LogP) is 3.62. The summed E-state index contributed by atoms with van der Waals surface area (Å²) in [4.78, 5) is 25.9. The zero-order valence-electron chi connectivity index (χ0n) is 16.7. The molecule has 0 spiro atoms. The molecule has 152 valence electrons. The van der Waals surface area contributed by atoms with E-state index >= 15 is 0 Å². The van der Waals surface area contributed by atoms with Crippen LogP contribution in [-0.4, -0.2) is 43.6 Å². The van der Waals surface area contributed by atoms with Crippen molar-refractivity contribution in [1.82, 2.24) is 4.90 Å². The summed E-state index contributed by atoms with van der Waals surface area (Å²) in [7, 11) is 1.70. The normalized spacial score (nSPS) is 14.1. The largest absolute Gasteiger partial charge is 0.490 e. The van der Waals surface area contributed by atoms with Crippen LogP contribution in [-0.2, 0) is 14.3 Å². The second-order valence-electron chi connectivity index (χ2n) is 6.79. The summed E-state index contributed by atoms with van der Waals surface area (Å²) < 4.78 is 16.3. The number of likely N-dealkylation sites (N-methyl/N-ethyl adjacent to an activating group) is 1. The molecule has 0 saturated heterocycles. The van der Waals surface area contributed by atoms with Crippen molar-refractivity contribution in [2.75, 3.05) is 26.9 Å². The monoisotopic (exact) mass is 395 g/mol. The van der Waals surface area contributed by atoms with E-state index in [9.17, 15) is 9.59 Å². The molecule has 0 unspecified atom stereocenters. The van der Waals surface area contributed by atoms with Gasteiger partial charge in [0.15, 0.2) is 18.1 Å². The van der Waals surface area contributed by atoms with E-state index in [2.05, 4.69) is 0 Å². The van der Waals surface area contributed by atoms with Crippen LogP contribution in [0.4, 0.5) is 0 Å². The maximum Gasteiger partial charge on any atom is 0.331 e. The summed E-state index contributed by atoms with van der Waals surface area (Å²) in [6.45, 7) is 2.84. The Balaban J connectivity index is 1.51. The second-order valence-corrected chi connectivity index (χ2v) is 6.79. The quantitative estimate of drug-likeness (QED) is 0.552. The summed E-state index contributed by atoms with van der Waals surface area (Å²) in [5, 5.41) is 0. The lowest BCUT2D eigenvalue weighted by Gasteiger charge is -2.25. The molecule has 0 saturated carbocycles. The fourth-order valence-corrected chi connectivity index (χ4v) is 2.90. The summed E-state index contributed by atoms with van der Waals surface area (Å²) in [5.74, 6) is 0.512. The smallest absolute Gasteiger partial charge is 0.331 e. The zero-order valence-corrected chi connectivity index (χ0v) is 16.7. The number of carbonyl (C=O) groups excluding carboxylic acids is 2. The number of rotatable bonds is 6. The van der Waals surface area contributed by atoms with Crippen molar-refractivity contribution in [3.63, 3.8) is 0 Å². The molecule has 1 aliphatic heterocycles. The third kappa shape index (κ3) is 5.60. The van der Waals surface area contributed by atoms with Gasteiger partial charge in [-0.3, -0.25) is 4.79 Å². The molecular weight excluding hydrogens is 370 g/mol. The molecule has 1 amide bonds. The van der Waals surface area contributed by atoms with E-state index in [1.54, 1.807) is 18.0 Å². The highest BCUT2D eigenvalue weighted by atomic mass is 16.5. The van der Waals surface area contributed by atoms with Crippen LogP contribution >= 0.6 is 0 Å². The predicted molar refractivity (Wildman–Crippen MR) is 110 cm³/mol. The molecular formula is C23H25NO5. The minimum absolute atomic E-state index is 0.111. The molecule has 6 heteroatoms. The van der Waals surface area contributed by atoms with E-state index in [1.807, 2.05) is 55.5 Å². The van der Waals surface area contributed by atoms with Gasteiger partial charge in [0.05, 0.1) is 19.3 Å². The highest BCUT2D eigenvalue weighted by molar-refractivity contribution is 5.89. The van der Waals surface area contributed by atoms with Gasteiger partial charge in [-0.15, -0.1) is 0 Å². The Hall–Kier alpha value is -3.28. The van der Waals surface area contributed by atoms with Crippen molar-refractivity contribution >= 4 is 18.0 Å². The van der Waals surface area contributed by atoms with Gasteiger partial charge < -0.3 is 19.1 Å². The Labute approximate surface area is 170 Å². The molecule has 3 rings (SSSR count). The molecule has 0 radical (unpaired) electrons. The van der Waals surface area contributed by atoms with Gasteiger partial charge in [0, 0.05) is 19.5 Å². The molecule has 0 N–H and O–H groups in total. The van der Waals surface area contributed by atoms with Crippen molar-refractivity contribution < 1.29 is 23.8 Å². The summed E-state index contributed by atoms with van der Waals surface area (Å²) in [6, 6.07) is 15.0. The minimum atomic E-state index is -0.578. The SMILES string of the molecule is C[C@H](c1ccccc1)N(C)C(=O)COC(=O)/C=C/c1ccc2c(c1)OCCCO2. The molecule has 1 aliphatic rings. The summed E-state index contributed by atoms with van der Waals surface area (Å²) >= 11 is 0. The van der Waals surface area contributed by atoms with Crippen LogP contribution < -0.4 is 9.47 Å². The number of carbonyl (C=O) groups is 2. The molecule has 1 heterocycles. The number of hydrogen-bond acceptors (Lipinski definition) is 5. The summed E-state index contributed by atoms with van der Waals surface area (Å²) in [5.41, 5.74) is 1.80. The van der Waals surface area contributed by atoms with Gasteiger partial charge in [0.2, 0.25) is 0 Å². The number of benzene rings is 2.